The summed E-state index contributed by atoms with van der Waals surface area (Å²) in [6, 6.07) is 0. The van der Waals surface area contributed by atoms with Crippen LogP contribution in [0.3, 0.4) is 0 Å². The van der Waals surface area contributed by atoms with E-state index in [2.05, 4.69) is 10.2 Å². The molecule has 1 aliphatic heterocycles. The molecule has 0 saturated carbocycles. The van der Waals surface area contributed by atoms with Gasteiger partial charge in [0.1, 0.15) is 5.60 Å². The molecule has 0 bridgehead atoms. The van der Waals surface area contributed by atoms with E-state index in [0.29, 0.717) is 6.54 Å². The Morgan fingerprint density at radius 1 is 1.24 bits per heavy atom. The fraction of sp³-hybridized carbons (Fsp3) is 0.923. The molecule has 0 atom stereocenters. The van der Waals surface area contributed by atoms with E-state index in [1.54, 1.807) is 21.0 Å². The summed E-state index contributed by atoms with van der Waals surface area (Å²) in [5, 5.41) is 2.94. The molecule has 1 saturated heterocycles. The summed E-state index contributed by atoms with van der Waals surface area (Å²) in [7, 11) is 1.56. The smallest absolute Gasteiger partial charge is 0.251 e. The van der Waals surface area contributed by atoms with E-state index < -0.39 is 5.60 Å². The third-order valence-electron chi connectivity index (χ3n) is 3.47. The van der Waals surface area contributed by atoms with Gasteiger partial charge in [-0.05, 0) is 39.8 Å². The Kier molecular flexibility index (Phi) is 5.92. The van der Waals surface area contributed by atoms with Gasteiger partial charge < -0.3 is 15.0 Å². The van der Waals surface area contributed by atoms with Crippen LogP contribution < -0.4 is 5.32 Å². The topological polar surface area (TPSA) is 41.6 Å². The summed E-state index contributed by atoms with van der Waals surface area (Å²) in [4.78, 5) is 14.2. The zero-order valence-electron chi connectivity index (χ0n) is 11.4. The molecular formula is C13H26N2O2. The number of carbonyl (C=O) groups is 1. The third kappa shape index (κ3) is 5.04. The van der Waals surface area contributed by atoms with Gasteiger partial charge in [-0.15, -0.1) is 0 Å². The Morgan fingerprint density at radius 2 is 1.82 bits per heavy atom. The van der Waals surface area contributed by atoms with Gasteiger partial charge in [0.2, 0.25) is 0 Å². The van der Waals surface area contributed by atoms with Gasteiger partial charge in [-0.3, -0.25) is 4.79 Å². The van der Waals surface area contributed by atoms with Gasteiger partial charge in [0, 0.05) is 20.2 Å². The highest BCUT2D eigenvalue weighted by Gasteiger charge is 2.26. The van der Waals surface area contributed by atoms with Crippen molar-refractivity contribution < 1.29 is 9.53 Å². The Hall–Kier alpha value is -0.610. The van der Waals surface area contributed by atoms with Crippen molar-refractivity contribution in [1.29, 1.82) is 0 Å². The lowest BCUT2D eigenvalue weighted by molar-refractivity contribution is -0.139. The molecule has 1 N–H and O–H groups in total. The molecule has 1 rings (SSSR count). The standard InChI is InChI=1S/C13H26N2O2/c1-13(2,17-3)12(16)14-8-11-15-9-6-4-5-7-10-15/h4-11H2,1-3H3,(H,14,16). The van der Waals surface area contributed by atoms with Crippen LogP contribution in [0.15, 0.2) is 0 Å². The SMILES string of the molecule is COC(C)(C)C(=O)NCCN1CCCCCC1. The van der Waals surface area contributed by atoms with Crippen LogP contribution in [-0.4, -0.2) is 49.7 Å². The molecule has 1 amide bonds. The first-order valence-electron chi connectivity index (χ1n) is 6.62. The van der Waals surface area contributed by atoms with Gasteiger partial charge in [-0.2, -0.15) is 0 Å². The fourth-order valence-electron chi connectivity index (χ4n) is 1.99. The van der Waals surface area contributed by atoms with Crippen LogP contribution in [-0.2, 0) is 9.53 Å². The Labute approximate surface area is 105 Å². The molecule has 4 heteroatoms. The van der Waals surface area contributed by atoms with Crippen molar-refractivity contribution in [2.24, 2.45) is 0 Å². The van der Waals surface area contributed by atoms with E-state index >= 15 is 0 Å². The summed E-state index contributed by atoms with van der Waals surface area (Å²) < 4.78 is 5.14. The van der Waals surface area contributed by atoms with E-state index in [0.717, 1.165) is 6.54 Å². The van der Waals surface area contributed by atoms with Crippen molar-refractivity contribution in [2.45, 2.75) is 45.1 Å². The number of methoxy groups -OCH3 is 1. The van der Waals surface area contributed by atoms with Crippen molar-refractivity contribution in [2.75, 3.05) is 33.3 Å². The number of rotatable bonds is 5. The minimum absolute atomic E-state index is 0.0326. The zero-order valence-corrected chi connectivity index (χ0v) is 11.4. The Bertz CT molecular complexity index is 234. The minimum atomic E-state index is -0.723. The second kappa shape index (κ2) is 6.97. The monoisotopic (exact) mass is 242 g/mol. The van der Waals surface area contributed by atoms with Crippen LogP contribution in [0.1, 0.15) is 39.5 Å². The summed E-state index contributed by atoms with van der Waals surface area (Å²) >= 11 is 0. The maximum atomic E-state index is 11.8. The summed E-state index contributed by atoms with van der Waals surface area (Å²) in [6.07, 6.45) is 5.27. The molecule has 0 aromatic heterocycles. The molecule has 17 heavy (non-hydrogen) atoms. The molecular weight excluding hydrogens is 216 g/mol. The summed E-state index contributed by atoms with van der Waals surface area (Å²) in [5.41, 5.74) is -0.723. The number of nitrogens with zero attached hydrogens (tertiary/aromatic N) is 1. The van der Waals surface area contributed by atoms with Crippen molar-refractivity contribution in [3.8, 4) is 0 Å². The highest BCUT2D eigenvalue weighted by atomic mass is 16.5. The highest BCUT2D eigenvalue weighted by molar-refractivity contribution is 5.84. The number of nitrogens with one attached hydrogen (secondary N) is 1. The fourth-order valence-corrected chi connectivity index (χ4v) is 1.99. The lowest BCUT2D eigenvalue weighted by Gasteiger charge is -2.24. The van der Waals surface area contributed by atoms with Crippen molar-refractivity contribution in [3.63, 3.8) is 0 Å². The van der Waals surface area contributed by atoms with Gasteiger partial charge in [0.15, 0.2) is 0 Å². The summed E-state index contributed by atoms with van der Waals surface area (Å²) in [5.74, 6) is -0.0326. The number of hydrogen-bond donors (Lipinski definition) is 1. The zero-order chi connectivity index (χ0) is 12.7. The molecule has 100 valence electrons. The number of likely N-dealkylation sites (tertiary alicyclic amines) is 1. The lowest BCUT2D eigenvalue weighted by atomic mass is 10.1. The summed E-state index contributed by atoms with van der Waals surface area (Å²) in [6.45, 7) is 7.58. The Balaban J connectivity index is 2.20. The van der Waals surface area contributed by atoms with Crippen LogP contribution in [0.25, 0.3) is 0 Å². The second-order valence-corrected chi connectivity index (χ2v) is 5.23. The minimum Gasteiger partial charge on any atom is -0.369 e. The van der Waals surface area contributed by atoms with E-state index in [4.69, 9.17) is 4.74 Å². The van der Waals surface area contributed by atoms with Crippen LogP contribution in [0.4, 0.5) is 0 Å². The Morgan fingerprint density at radius 3 is 2.35 bits per heavy atom. The van der Waals surface area contributed by atoms with Crippen LogP contribution in [0.5, 0.6) is 0 Å². The third-order valence-corrected chi connectivity index (χ3v) is 3.47. The van der Waals surface area contributed by atoms with Crippen molar-refractivity contribution >= 4 is 5.91 Å². The number of amides is 1. The molecule has 0 spiro atoms. The van der Waals surface area contributed by atoms with Gasteiger partial charge in [-0.25, -0.2) is 0 Å². The molecule has 4 nitrogen and oxygen atoms in total. The van der Waals surface area contributed by atoms with E-state index in [9.17, 15) is 4.79 Å². The first-order chi connectivity index (χ1) is 8.06. The predicted octanol–water partition coefficient (Wildman–Crippen LogP) is 1.40. The van der Waals surface area contributed by atoms with Crippen LogP contribution in [0.2, 0.25) is 0 Å². The predicted molar refractivity (Wildman–Crippen MR) is 69.0 cm³/mol. The normalized spacial score (nSPS) is 18.8. The highest BCUT2D eigenvalue weighted by Crippen LogP contribution is 2.09. The van der Waals surface area contributed by atoms with E-state index in [1.807, 2.05) is 0 Å². The number of ether oxygens (including phenoxy) is 1. The maximum absolute atomic E-state index is 11.8. The second-order valence-electron chi connectivity index (χ2n) is 5.23. The average Bonchev–Trinajstić information content (AvgIpc) is 2.57. The van der Waals surface area contributed by atoms with E-state index in [1.165, 1.54) is 38.8 Å². The van der Waals surface area contributed by atoms with Gasteiger partial charge in [-0.1, -0.05) is 12.8 Å². The maximum Gasteiger partial charge on any atom is 0.251 e. The van der Waals surface area contributed by atoms with Gasteiger partial charge in [0.05, 0.1) is 0 Å². The number of hydrogen-bond acceptors (Lipinski definition) is 3. The van der Waals surface area contributed by atoms with Gasteiger partial charge in [0.25, 0.3) is 5.91 Å². The van der Waals surface area contributed by atoms with Crippen molar-refractivity contribution in [1.82, 2.24) is 10.2 Å². The largest absolute Gasteiger partial charge is 0.369 e. The quantitative estimate of drug-likeness (QED) is 0.792. The molecule has 1 aliphatic rings. The molecule has 1 fully saturated rings. The first-order valence-corrected chi connectivity index (χ1v) is 6.62. The molecule has 0 radical (unpaired) electrons. The lowest BCUT2D eigenvalue weighted by Crippen LogP contribution is -2.46. The molecule has 1 heterocycles. The van der Waals surface area contributed by atoms with Gasteiger partial charge >= 0.3 is 0 Å². The first kappa shape index (κ1) is 14.5. The average molecular weight is 242 g/mol. The molecule has 0 aliphatic carbocycles. The molecule has 0 aromatic rings. The molecule has 0 unspecified atom stereocenters. The molecule has 0 aromatic carbocycles. The van der Waals surface area contributed by atoms with Crippen LogP contribution >= 0.6 is 0 Å². The van der Waals surface area contributed by atoms with Crippen LogP contribution in [0, 0.1) is 0 Å². The van der Waals surface area contributed by atoms with Crippen molar-refractivity contribution in [3.05, 3.63) is 0 Å². The van der Waals surface area contributed by atoms with E-state index in [-0.39, 0.29) is 5.91 Å². The number of carbonyl (C=O) groups excluding carboxylic acids is 1.